The van der Waals surface area contributed by atoms with Gasteiger partial charge in [0.2, 0.25) is 0 Å². The van der Waals surface area contributed by atoms with E-state index in [9.17, 15) is 9.59 Å². The smallest absolute Gasteiger partial charge is 0.321 e. The molecule has 0 saturated carbocycles. The molecule has 0 heterocycles. The number of carbonyl (C=O) groups excluding carboxylic acids is 2. The van der Waals surface area contributed by atoms with E-state index in [0.717, 1.165) is 6.42 Å². The number of halogens is 1. The van der Waals surface area contributed by atoms with Crippen molar-refractivity contribution in [1.29, 1.82) is 0 Å². The maximum atomic E-state index is 10.8. The van der Waals surface area contributed by atoms with Gasteiger partial charge in [0.15, 0.2) is 0 Å². The SMILES string of the molecule is CCCC(CC(C)=O)OC(=O)CCl. The summed E-state index contributed by atoms with van der Waals surface area (Å²) in [6, 6.07) is 0. The molecule has 13 heavy (non-hydrogen) atoms. The summed E-state index contributed by atoms with van der Waals surface area (Å²) in [4.78, 5) is 21.6. The van der Waals surface area contributed by atoms with Gasteiger partial charge in [-0.3, -0.25) is 9.59 Å². The second-order valence-corrected chi connectivity index (χ2v) is 3.21. The number of carbonyl (C=O) groups is 2. The summed E-state index contributed by atoms with van der Waals surface area (Å²) in [6.45, 7) is 3.46. The van der Waals surface area contributed by atoms with E-state index in [-0.39, 0.29) is 24.2 Å². The van der Waals surface area contributed by atoms with Gasteiger partial charge in [-0.15, -0.1) is 11.6 Å². The number of hydrogen-bond acceptors (Lipinski definition) is 3. The molecule has 0 N–H and O–H groups in total. The molecule has 0 saturated heterocycles. The average molecular weight is 207 g/mol. The van der Waals surface area contributed by atoms with Crippen LogP contribution >= 0.6 is 11.6 Å². The van der Waals surface area contributed by atoms with E-state index in [2.05, 4.69) is 0 Å². The third-order valence-corrected chi connectivity index (χ3v) is 1.75. The Balaban J connectivity index is 3.93. The predicted molar refractivity (Wildman–Crippen MR) is 50.8 cm³/mol. The summed E-state index contributed by atoms with van der Waals surface area (Å²) in [5.74, 6) is -0.583. The molecule has 0 bridgehead atoms. The van der Waals surface area contributed by atoms with Gasteiger partial charge >= 0.3 is 5.97 Å². The number of ether oxygens (including phenoxy) is 1. The first-order valence-electron chi connectivity index (χ1n) is 4.35. The van der Waals surface area contributed by atoms with Gasteiger partial charge < -0.3 is 4.74 Å². The highest BCUT2D eigenvalue weighted by molar-refractivity contribution is 6.26. The molecule has 0 rings (SSSR count). The maximum Gasteiger partial charge on any atom is 0.321 e. The van der Waals surface area contributed by atoms with Gasteiger partial charge in [-0.25, -0.2) is 0 Å². The fraction of sp³-hybridized carbons (Fsp3) is 0.778. The van der Waals surface area contributed by atoms with Gasteiger partial charge in [0.25, 0.3) is 0 Å². The van der Waals surface area contributed by atoms with E-state index in [1.165, 1.54) is 6.92 Å². The van der Waals surface area contributed by atoms with E-state index in [4.69, 9.17) is 16.3 Å². The number of Topliss-reactive ketones (excluding diaryl/α,β-unsaturated/α-hetero) is 1. The van der Waals surface area contributed by atoms with Crippen LogP contribution in [0.4, 0.5) is 0 Å². The molecule has 0 fully saturated rings. The van der Waals surface area contributed by atoms with Crippen molar-refractivity contribution < 1.29 is 14.3 Å². The van der Waals surface area contributed by atoms with Crippen LogP contribution in [-0.2, 0) is 14.3 Å². The number of rotatable bonds is 6. The first-order chi connectivity index (χ1) is 6.10. The third kappa shape index (κ3) is 6.58. The molecule has 3 nitrogen and oxygen atoms in total. The molecule has 1 atom stereocenters. The predicted octanol–water partition coefficient (Wildman–Crippen LogP) is 1.92. The molecule has 1 unspecified atom stereocenters. The quantitative estimate of drug-likeness (QED) is 0.493. The minimum Gasteiger partial charge on any atom is -0.461 e. The molecule has 0 aromatic rings. The summed E-state index contributed by atoms with van der Waals surface area (Å²) >= 11 is 5.27. The lowest BCUT2D eigenvalue weighted by Crippen LogP contribution is -2.21. The Kier molecular flexibility index (Phi) is 6.59. The summed E-state index contributed by atoms with van der Waals surface area (Å²) in [5.41, 5.74) is 0. The first-order valence-corrected chi connectivity index (χ1v) is 4.88. The lowest BCUT2D eigenvalue weighted by Gasteiger charge is -2.14. The zero-order chi connectivity index (χ0) is 10.3. The van der Waals surface area contributed by atoms with Crippen LogP contribution in [-0.4, -0.2) is 23.7 Å². The van der Waals surface area contributed by atoms with E-state index in [0.29, 0.717) is 6.42 Å². The molecule has 0 radical (unpaired) electrons. The molecule has 0 aliphatic rings. The molecular weight excluding hydrogens is 192 g/mol. The number of hydrogen-bond donors (Lipinski definition) is 0. The molecule has 4 heteroatoms. The summed E-state index contributed by atoms with van der Waals surface area (Å²) in [5, 5.41) is 0. The van der Waals surface area contributed by atoms with Gasteiger partial charge in [0.05, 0.1) is 0 Å². The molecule has 0 amide bonds. The van der Waals surface area contributed by atoms with Crippen molar-refractivity contribution in [2.24, 2.45) is 0 Å². The highest BCUT2D eigenvalue weighted by atomic mass is 35.5. The van der Waals surface area contributed by atoms with Crippen molar-refractivity contribution in [1.82, 2.24) is 0 Å². The van der Waals surface area contributed by atoms with Crippen LogP contribution in [0.3, 0.4) is 0 Å². The number of ketones is 1. The summed E-state index contributed by atoms with van der Waals surface area (Å²) in [6.07, 6.45) is 1.58. The second kappa shape index (κ2) is 6.89. The molecule has 0 aromatic heterocycles. The van der Waals surface area contributed by atoms with E-state index < -0.39 is 5.97 Å². The fourth-order valence-corrected chi connectivity index (χ4v) is 1.13. The van der Waals surface area contributed by atoms with Crippen molar-refractivity contribution in [3.05, 3.63) is 0 Å². The van der Waals surface area contributed by atoms with Gasteiger partial charge in [0.1, 0.15) is 17.8 Å². The van der Waals surface area contributed by atoms with E-state index in [1.54, 1.807) is 0 Å². The molecule has 0 aliphatic carbocycles. The first kappa shape index (κ1) is 12.4. The highest BCUT2D eigenvalue weighted by Gasteiger charge is 2.14. The van der Waals surface area contributed by atoms with E-state index >= 15 is 0 Å². The minimum atomic E-state index is -0.457. The lowest BCUT2D eigenvalue weighted by molar-refractivity contribution is -0.147. The van der Waals surface area contributed by atoms with Crippen LogP contribution in [0, 0.1) is 0 Å². The number of esters is 1. The Hall–Kier alpha value is -0.570. The van der Waals surface area contributed by atoms with Crippen LogP contribution in [0.25, 0.3) is 0 Å². The van der Waals surface area contributed by atoms with E-state index in [1.807, 2.05) is 6.92 Å². The Morgan fingerprint density at radius 3 is 2.46 bits per heavy atom. The zero-order valence-electron chi connectivity index (χ0n) is 8.01. The van der Waals surface area contributed by atoms with Crippen LogP contribution in [0.1, 0.15) is 33.1 Å². The topological polar surface area (TPSA) is 43.4 Å². The second-order valence-electron chi connectivity index (χ2n) is 2.94. The largest absolute Gasteiger partial charge is 0.461 e. The van der Waals surface area contributed by atoms with Gasteiger partial charge in [-0.05, 0) is 13.3 Å². The Morgan fingerprint density at radius 2 is 2.08 bits per heavy atom. The maximum absolute atomic E-state index is 10.8. The van der Waals surface area contributed by atoms with Gasteiger partial charge in [0, 0.05) is 6.42 Å². The van der Waals surface area contributed by atoms with Crippen molar-refractivity contribution >= 4 is 23.4 Å². The summed E-state index contributed by atoms with van der Waals surface area (Å²) < 4.78 is 4.96. The Labute approximate surface area is 83.4 Å². The van der Waals surface area contributed by atoms with Crippen molar-refractivity contribution in [3.63, 3.8) is 0 Å². The number of alkyl halides is 1. The van der Waals surface area contributed by atoms with Crippen LogP contribution in [0.15, 0.2) is 0 Å². The molecule has 0 aliphatic heterocycles. The molecule has 76 valence electrons. The van der Waals surface area contributed by atoms with Crippen LogP contribution < -0.4 is 0 Å². The van der Waals surface area contributed by atoms with Crippen molar-refractivity contribution in [2.45, 2.75) is 39.2 Å². The van der Waals surface area contributed by atoms with Crippen molar-refractivity contribution in [3.8, 4) is 0 Å². The fourth-order valence-electron chi connectivity index (χ4n) is 1.06. The van der Waals surface area contributed by atoms with Crippen LogP contribution in [0.2, 0.25) is 0 Å². The van der Waals surface area contributed by atoms with Gasteiger partial charge in [-0.2, -0.15) is 0 Å². The van der Waals surface area contributed by atoms with Crippen molar-refractivity contribution in [2.75, 3.05) is 5.88 Å². The normalized spacial score (nSPS) is 12.2. The zero-order valence-corrected chi connectivity index (χ0v) is 8.76. The lowest BCUT2D eigenvalue weighted by atomic mass is 10.1. The van der Waals surface area contributed by atoms with Gasteiger partial charge in [-0.1, -0.05) is 13.3 Å². The summed E-state index contributed by atoms with van der Waals surface area (Å²) in [7, 11) is 0. The standard InChI is InChI=1S/C9H15ClO3/c1-3-4-8(5-7(2)11)13-9(12)6-10/h8H,3-6H2,1-2H3. The molecule has 0 spiro atoms. The monoisotopic (exact) mass is 206 g/mol. The Bertz CT molecular complexity index is 180. The van der Waals surface area contributed by atoms with Crippen LogP contribution in [0.5, 0.6) is 0 Å². The molecule has 0 aromatic carbocycles. The molecular formula is C9H15ClO3. The highest BCUT2D eigenvalue weighted by Crippen LogP contribution is 2.08. The third-order valence-electron chi connectivity index (χ3n) is 1.53. The average Bonchev–Trinajstić information content (AvgIpc) is 2.03. The Morgan fingerprint density at radius 1 is 1.46 bits per heavy atom. The minimum absolute atomic E-state index is 0.0285.